The molecule has 1 heterocycles. The largest absolute Gasteiger partial charge is 0.504 e. The summed E-state index contributed by atoms with van der Waals surface area (Å²) in [5, 5.41) is 31.3. The van der Waals surface area contributed by atoms with E-state index in [9.17, 15) is 73.8 Å². The highest BCUT2D eigenvalue weighted by Gasteiger charge is 2.27. The first kappa shape index (κ1) is 53.1. The van der Waals surface area contributed by atoms with Crippen LogP contribution in [-0.4, -0.2) is 106 Å². The zero-order valence-corrected chi connectivity index (χ0v) is 40.4. The van der Waals surface area contributed by atoms with Gasteiger partial charge in [0.2, 0.25) is 17.2 Å². The lowest BCUT2D eigenvalue weighted by Gasteiger charge is -2.15. The Bertz CT molecular complexity index is 3920. The Morgan fingerprint density at radius 2 is 1.10 bits per heavy atom. The topological polar surface area (TPSA) is 448 Å². The van der Waals surface area contributed by atoms with Crippen LogP contribution in [0.1, 0.15) is 11.1 Å². The molecule has 0 amide bonds. The number of phenolic OH excluding ortho intramolecular Hbond substituents is 1. The van der Waals surface area contributed by atoms with Crippen LogP contribution in [0.15, 0.2) is 118 Å². The van der Waals surface area contributed by atoms with Crippen LogP contribution in [-0.2, 0) is 64.9 Å². The molecule has 0 atom stereocenters. The predicted molar refractivity (Wildman–Crippen MR) is 243 cm³/mol. The number of fused-ring (bicyclic) bond motifs is 1. The van der Waals surface area contributed by atoms with Crippen molar-refractivity contribution in [3.8, 4) is 5.75 Å². The van der Waals surface area contributed by atoms with Gasteiger partial charge in [-0.25, -0.2) is 12.6 Å². The van der Waals surface area contributed by atoms with Gasteiger partial charge in [0.15, 0.2) is 15.6 Å². The Morgan fingerprint density at radius 1 is 0.557 bits per heavy atom. The van der Waals surface area contributed by atoms with Gasteiger partial charge in [0.25, 0.3) is 40.5 Å². The van der Waals surface area contributed by atoms with Crippen LogP contribution in [0.3, 0.4) is 0 Å². The third kappa shape index (κ3) is 12.7. The molecule has 0 radical (unpaired) electrons. The van der Waals surface area contributed by atoms with Crippen LogP contribution in [0.4, 0.5) is 46.0 Å². The van der Waals surface area contributed by atoms with E-state index in [1.165, 1.54) is 36.4 Å². The number of rotatable bonds is 17. The number of benzene rings is 5. The zero-order valence-electron chi connectivity index (χ0n) is 34.8. The van der Waals surface area contributed by atoms with E-state index >= 15 is 0 Å². The van der Waals surface area contributed by atoms with Crippen molar-refractivity contribution in [2.24, 2.45) is 20.5 Å². The molecule has 0 fully saturated rings. The average Bonchev–Trinajstić information content (AvgIpc) is 3.22. The van der Waals surface area contributed by atoms with Gasteiger partial charge >= 0.3 is 10.4 Å². The molecular formula is C35H30ClN9O19S6. The second-order valence-corrected chi connectivity index (χ2v) is 23.2. The normalized spacial score (nSPS) is 13.1. The number of sulfone groups is 1. The fraction of sp³-hybridized carbons (Fsp3) is 0.114. The Kier molecular flexibility index (Phi) is 14.8. The first-order valence-electron chi connectivity index (χ1n) is 18.4. The average molecular weight is 1110 g/mol. The number of aryl methyl sites for hydroxylation is 2. The second-order valence-electron chi connectivity index (χ2n) is 14.1. The van der Waals surface area contributed by atoms with Gasteiger partial charge in [0.1, 0.15) is 20.4 Å². The van der Waals surface area contributed by atoms with Gasteiger partial charge in [-0.2, -0.15) is 67.3 Å². The van der Waals surface area contributed by atoms with Crippen molar-refractivity contribution in [2.45, 2.75) is 38.3 Å². The first-order chi connectivity index (χ1) is 32.2. The van der Waals surface area contributed by atoms with E-state index in [0.717, 1.165) is 12.1 Å². The van der Waals surface area contributed by atoms with Crippen molar-refractivity contribution in [2.75, 3.05) is 23.0 Å². The third-order valence-corrected chi connectivity index (χ3v) is 15.0. The van der Waals surface area contributed by atoms with Crippen LogP contribution in [0.2, 0.25) is 5.28 Å². The fourth-order valence-electron chi connectivity index (χ4n) is 6.06. The van der Waals surface area contributed by atoms with Gasteiger partial charge in [-0.3, -0.25) is 22.8 Å². The van der Waals surface area contributed by atoms with Crippen molar-refractivity contribution >= 4 is 129 Å². The Balaban J connectivity index is 1.35. The molecule has 8 N–H and O–H groups in total. The number of hydrogen-bond acceptors (Lipinski definition) is 23. The summed E-state index contributed by atoms with van der Waals surface area (Å²) in [5.41, 5.74) is -0.428. The molecule has 0 aliphatic rings. The molecule has 28 nitrogen and oxygen atoms in total. The summed E-state index contributed by atoms with van der Waals surface area (Å²) in [7, 11) is -29.9. The highest BCUT2D eigenvalue weighted by molar-refractivity contribution is 7.91. The van der Waals surface area contributed by atoms with E-state index < -0.39 is 132 Å². The van der Waals surface area contributed by atoms with E-state index in [4.69, 9.17) is 16.2 Å². The fourth-order valence-corrected chi connectivity index (χ4v) is 10.3. The standard InChI is InChI=1S/C35H30ClN9O19S6/c1-17-13-25(44-45-26-14-19(66(49,50)51)6-9-28(26)67(52,53)54)18(2)12-24(17)43-42-22-7-8-23(31-21(22)4-3-5-29(31)68(55,56)57)37-34-39-33(36)40-35(41-34)38-27-15-20(16-30(32(27)46)69(58,59)60)65(47,48)11-10-64-70(61,62)63/h3-9,12-16,46H,10-11H2,1-2H3,(H,49,50,51)(H,52,53,54)(H,55,56,57)(H,58,59,60)(H,61,62,63)(H2,37,38,39,40,41). The minimum Gasteiger partial charge on any atom is -0.504 e. The molecule has 0 aliphatic heterocycles. The van der Waals surface area contributed by atoms with Gasteiger partial charge < -0.3 is 15.7 Å². The number of nitrogens with zero attached hydrogens (tertiary/aromatic N) is 7. The Morgan fingerprint density at radius 3 is 1.64 bits per heavy atom. The lowest BCUT2D eigenvalue weighted by Crippen LogP contribution is -2.16. The molecule has 0 spiro atoms. The van der Waals surface area contributed by atoms with Gasteiger partial charge in [-0.15, -0.1) is 10.2 Å². The number of hydrogen-bond donors (Lipinski definition) is 8. The molecule has 0 saturated heterocycles. The van der Waals surface area contributed by atoms with E-state index in [0.29, 0.717) is 35.4 Å². The maximum Gasteiger partial charge on any atom is 0.397 e. The smallest absolute Gasteiger partial charge is 0.397 e. The number of phenols is 1. The van der Waals surface area contributed by atoms with Crippen LogP contribution in [0.5, 0.6) is 5.75 Å². The Hall–Kier alpha value is -6.28. The number of azo groups is 2. The van der Waals surface area contributed by atoms with E-state index in [1.54, 1.807) is 13.8 Å². The molecule has 5 aromatic carbocycles. The maximum atomic E-state index is 13.0. The van der Waals surface area contributed by atoms with Crippen LogP contribution in [0, 0.1) is 13.8 Å². The van der Waals surface area contributed by atoms with Crippen molar-refractivity contribution in [3.63, 3.8) is 0 Å². The summed E-state index contributed by atoms with van der Waals surface area (Å²) in [4.78, 5) is 7.29. The van der Waals surface area contributed by atoms with Crippen LogP contribution in [0.25, 0.3) is 10.8 Å². The number of aromatic nitrogens is 3. The number of aromatic hydroxyl groups is 1. The molecule has 0 unspecified atom stereocenters. The molecule has 35 heteroatoms. The molecule has 6 aromatic rings. The molecule has 70 heavy (non-hydrogen) atoms. The Labute approximate surface area is 401 Å². The lowest BCUT2D eigenvalue weighted by atomic mass is 10.1. The summed E-state index contributed by atoms with van der Waals surface area (Å²) in [6.45, 7) is 1.98. The zero-order chi connectivity index (χ0) is 51.9. The van der Waals surface area contributed by atoms with Crippen molar-refractivity contribution in [1.29, 1.82) is 0 Å². The maximum absolute atomic E-state index is 13.0. The second kappa shape index (κ2) is 19.5. The van der Waals surface area contributed by atoms with E-state index in [-0.39, 0.29) is 33.5 Å². The molecule has 6 rings (SSSR count). The van der Waals surface area contributed by atoms with Gasteiger partial charge in [0, 0.05) is 10.8 Å². The number of anilines is 4. The highest BCUT2D eigenvalue weighted by Crippen LogP contribution is 2.40. The van der Waals surface area contributed by atoms with Crippen LogP contribution >= 0.6 is 11.6 Å². The summed E-state index contributed by atoms with van der Waals surface area (Å²) in [6, 6.07) is 12.4. The summed E-state index contributed by atoms with van der Waals surface area (Å²) in [5.74, 6) is -3.56. The van der Waals surface area contributed by atoms with Gasteiger partial charge in [-0.1, -0.05) is 12.1 Å². The summed E-state index contributed by atoms with van der Waals surface area (Å²) < 4.78 is 197. The van der Waals surface area contributed by atoms with Crippen molar-refractivity contribution < 1.29 is 82.6 Å². The monoisotopic (exact) mass is 1110 g/mol. The molecular weight excluding hydrogens is 1080 g/mol. The van der Waals surface area contributed by atoms with E-state index in [1.807, 2.05) is 0 Å². The third-order valence-electron chi connectivity index (χ3n) is 9.18. The number of halogens is 1. The molecule has 372 valence electrons. The quantitative estimate of drug-likeness (QED) is 0.0299. The molecule has 0 bridgehead atoms. The molecule has 1 aromatic heterocycles. The predicted octanol–water partition coefficient (Wildman–Crippen LogP) is 5.90. The van der Waals surface area contributed by atoms with Crippen LogP contribution < -0.4 is 10.6 Å². The highest BCUT2D eigenvalue weighted by atomic mass is 35.5. The van der Waals surface area contributed by atoms with E-state index in [2.05, 4.69) is 50.2 Å². The molecule has 0 aliphatic carbocycles. The molecule has 0 saturated carbocycles. The summed E-state index contributed by atoms with van der Waals surface area (Å²) in [6.07, 6.45) is 0. The first-order valence-corrected chi connectivity index (χ1v) is 27.6. The minimum atomic E-state index is -5.37. The van der Waals surface area contributed by atoms with Crippen molar-refractivity contribution in [1.82, 2.24) is 15.0 Å². The SMILES string of the molecule is Cc1cc(N=Nc2ccc(Nc3nc(Cl)nc(Nc4cc(S(=O)(=O)CCOS(=O)(=O)O)cc(S(=O)(=O)O)c4O)n3)c3c(S(=O)(=O)O)cccc23)c(C)cc1N=Nc1cc(S(=O)(=O)O)ccc1S(=O)(=O)O. The van der Waals surface area contributed by atoms with Gasteiger partial charge in [-0.05, 0) is 97.2 Å². The van der Waals surface area contributed by atoms with Crippen molar-refractivity contribution in [3.05, 3.63) is 89.2 Å². The lowest BCUT2D eigenvalue weighted by molar-refractivity contribution is 0.284. The minimum absolute atomic E-state index is 0.0175. The number of nitrogens with one attached hydrogen (secondary N) is 2. The summed E-state index contributed by atoms with van der Waals surface area (Å²) >= 11 is 6.14. The van der Waals surface area contributed by atoms with Gasteiger partial charge in [0.05, 0.1) is 50.6 Å².